The Morgan fingerprint density at radius 1 is 1.31 bits per heavy atom. The summed E-state index contributed by atoms with van der Waals surface area (Å²) in [5, 5.41) is 0.521. The summed E-state index contributed by atoms with van der Waals surface area (Å²) < 4.78 is 3.93. The lowest BCUT2D eigenvalue weighted by molar-refractivity contribution is 0.631. The quantitative estimate of drug-likeness (QED) is 0.723. The molecule has 84 valence electrons. The van der Waals surface area contributed by atoms with Crippen molar-refractivity contribution in [3.63, 3.8) is 0 Å². The van der Waals surface area contributed by atoms with E-state index in [2.05, 4.69) is 36.8 Å². The topological polar surface area (TPSA) is 43.8 Å². The van der Waals surface area contributed by atoms with E-state index in [-0.39, 0.29) is 0 Å². The van der Waals surface area contributed by atoms with Crippen molar-refractivity contribution in [1.82, 2.24) is 9.55 Å². The first-order chi connectivity index (χ1) is 7.61. The molecule has 0 radical (unpaired) electrons. The summed E-state index contributed by atoms with van der Waals surface area (Å²) in [7, 11) is 0. The van der Waals surface area contributed by atoms with Gasteiger partial charge in [-0.25, -0.2) is 4.98 Å². The third kappa shape index (κ3) is 1.28. The molecular weight excluding hydrogens is 357 g/mol. The van der Waals surface area contributed by atoms with E-state index in [0.29, 0.717) is 11.0 Å². The van der Waals surface area contributed by atoms with Crippen LogP contribution in [0.1, 0.15) is 12.0 Å². The highest BCUT2D eigenvalue weighted by molar-refractivity contribution is 9.13. The van der Waals surface area contributed by atoms with Crippen LogP contribution in [0.25, 0.3) is 11.0 Å². The van der Waals surface area contributed by atoms with E-state index in [1.807, 2.05) is 4.57 Å². The second-order valence-electron chi connectivity index (χ2n) is 3.85. The fourth-order valence-electron chi connectivity index (χ4n) is 2.22. The molecule has 0 saturated carbocycles. The Balaban J connectivity index is 2.57. The van der Waals surface area contributed by atoms with Crippen LogP contribution in [0.5, 0.6) is 0 Å². The summed E-state index contributed by atoms with van der Waals surface area (Å²) in [5.41, 5.74) is 9.80. The largest absolute Gasteiger partial charge is 0.396 e. The van der Waals surface area contributed by atoms with E-state index in [4.69, 9.17) is 17.3 Å². The molecule has 1 aromatic heterocycles. The highest BCUT2D eigenvalue weighted by atomic mass is 79.9. The van der Waals surface area contributed by atoms with E-state index in [9.17, 15) is 0 Å². The van der Waals surface area contributed by atoms with Crippen LogP contribution in [0.2, 0.25) is 5.28 Å². The summed E-state index contributed by atoms with van der Waals surface area (Å²) in [4.78, 5) is 4.34. The summed E-state index contributed by atoms with van der Waals surface area (Å²) in [5.74, 6) is 0. The number of benzene rings is 1. The molecule has 0 bridgehead atoms. The van der Waals surface area contributed by atoms with Crippen molar-refractivity contribution in [2.45, 2.75) is 19.4 Å². The van der Waals surface area contributed by atoms with Gasteiger partial charge < -0.3 is 10.3 Å². The third-order valence-electron chi connectivity index (χ3n) is 2.96. The minimum atomic E-state index is 0.521. The van der Waals surface area contributed by atoms with Crippen LogP contribution in [0.3, 0.4) is 0 Å². The van der Waals surface area contributed by atoms with E-state index in [0.717, 1.165) is 39.4 Å². The molecule has 0 saturated heterocycles. The van der Waals surface area contributed by atoms with Gasteiger partial charge in [-0.1, -0.05) is 0 Å². The molecule has 1 aromatic carbocycles. The number of nitrogen functional groups attached to an aromatic ring is 1. The molecule has 2 aromatic rings. The number of imidazole rings is 1. The second kappa shape index (κ2) is 3.62. The predicted octanol–water partition coefficient (Wildman–Crippen LogP) is 3.74. The molecule has 0 spiro atoms. The predicted molar refractivity (Wildman–Crippen MR) is 72.9 cm³/mol. The number of nitrogens with zero attached hydrogens (tertiary/aromatic N) is 2. The lowest BCUT2D eigenvalue weighted by Gasteiger charge is -2.18. The SMILES string of the molecule is Nc1c(Br)c(Br)c2c3c1nc(Cl)n3CCC2. The summed E-state index contributed by atoms with van der Waals surface area (Å²) in [6.45, 7) is 0.913. The first-order valence-corrected chi connectivity index (χ1v) is 6.88. The van der Waals surface area contributed by atoms with Crippen LogP contribution in [0, 0.1) is 0 Å². The van der Waals surface area contributed by atoms with E-state index in [1.165, 1.54) is 5.56 Å². The summed E-state index contributed by atoms with van der Waals surface area (Å²) in [6.07, 6.45) is 2.10. The Kier molecular flexibility index (Phi) is 2.46. The number of anilines is 1. The van der Waals surface area contributed by atoms with Gasteiger partial charge in [0.2, 0.25) is 5.28 Å². The molecule has 1 aliphatic heterocycles. The van der Waals surface area contributed by atoms with Crippen LogP contribution >= 0.6 is 43.5 Å². The molecule has 3 nitrogen and oxygen atoms in total. The van der Waals surface area contributed by atoms with Crippen LogP contribution in [0.4, 0.5) is 5.69 Å². The zero-order valence-corrected chi connectivity index (χ0v) is 12.2. The number of hydrogen-bond donors (Lipinski definition) is 1. The number of halogens is 3. The molecule has 6 heteroatoms. The van der Waals surface area contributed by atoms with Gasteiger partial charge >= 0.3 is 0 Å². The van der Waals surface area contributed by atoms with Gasteiger partial charge in [0.15, 0.2) is 0 Å². The molecule has 0 aliphatic carbocycles. The van der Waals surface area contributed by atoms with E-state index >= 15 is 0 Å². The van der Waals surface area contributed by atoms with Crippen molar-refractivity contribution in [1.29, 1.82) is 0 Å². The van der Waals surface area contributed by atoms with Crippen LogP contribution in [-0.2, 0) is 13.0 Å². The van der Waals surface area contributed by atoms with Gasteiger partial charge in [-0.05, 0) is 61.9 Å². The van der Waals surface area contributed by atoms with Crippen molar-refractivity contribution >= 4 is 60.2 Å². The molecule has 2 heterocycles. The normalized spacial score (nSPS) is 14.7. The van der Waals surface area contributed by atoms with Gasteiger partial charge in [0.1, 0.15) is 5.52 Å². The molecule has 0 fully saturated rings. The Morgan fingerprint density at radius 2 is 2.06 bits per heavy atom. The molecule has 3 rings (SSSR count). The first-order valence-electron chi connectivity index (χ1n) is 4.92. The van der Waals surface area contributed by atoms with Crippen molar-refractivity contribution in [3.8, 4) is 0 Å². The fraction of sp³-hybridized carbons (Fsp3) is 0.300. The highest BCUT2D eigenvalue weighted by Crippen LogP contribution is 2.42. The summed E-state index contributed by atoms with van der Waals surface area (Å²) >= 11 is 13.2. The van der Waals surface area contributed by atoms with Crippen molar-refractivity contribution in [2.24, 2.45) is 0 Å². The molecule has 16 heavy (non-hydrogen) atoms. The van der Waals surface area contributed by atoms with Gasteiger partial charge in [-0.3, -0.25) is 0 Å². The van der Waals surface area contributed by atoms with Gasteiger partial charge in [0, 0.05) is 11.0 Å². The Hall–Kier alpha value is -0.260. The van der Waals surface area contributed by atoms with Crippen LogP contribution in [-0.4, -0.2) is 9.55 Å². The average Bonchev–Trinajstić information content (AvgIpc) is 2.63. The highest BCUT2D eigenvalue weighted by Gasteiger charge is 2.23. The van der Waals surface area contributed by atoms with Crippen molar-refractivity contribution in [2.75, 3.05) is 5.73 Å². The lowest BCUT2D eigenvalue weighted by atomic mass is 10.0. The second-order valence-corrected chi connectivity index (χ2v) is 5.78. The van der Waals surface area contributed by atoms with Gasteiger partial charge in [0.25, 0.3) is 0 Å². The lowest BCUT2D eigenvalue weighted by Crippen LogP contribution is -2.09. The van der Waals surface area contributed by atoms with E-state index < -0.39 is 0 Å². The smallest absolute Gasteiger partial charge is 0.203 e. The van der Waals surface area contributed by atoms with Crippen LogP contribution in [0.15, 0.2) is 8.95 Å². The minimum Gasteiger partial charge on any atom is -0.396 e. The summed E-state index contributed by atoms with van der Waals surface area (Å²) in [6, 6.07) is 0. The number of nitrogens with two attached hydrogens (primary N) is 1. The molecular formula is C10H8Br2ClN3. The third-order valence-corrected chi connectivity index (χ3v) is 5.48. The standard InChI is InChI=1S/C10H8Br2ClN3/c11-5-4-2-1-3-16-9(4)8(15-10(16)13)7(14)6(5)12/h1-3,14H2. The molecule has 0 unspecified atom stereocenters. The first kappa shape index (κ1) is 10.9. The Morgan fingerprint density at radius 3 is 2.81 bits per heavy atom. The van der Waals surface area contributed by atoms with Gasteiger partial charge in [-0.15, -0.1) is 0 Å². The Bertz CT molecular complexity index is 606. The van der Waals surface area contributed by atoms with Crippen LogP contribution < -0.4 is 5.73 Å². The fourth-order valence-corrected chi connectivity index (χ4v) is 3.50. The van der Waals surface area contributed by atoms with Gasteiger partial charge in [0.05, 0.1) is 15.7 Å². The number of hydrogen-bond acceptors (Lipinski definition) is 2. The Labute approximate surface area is 114 Å². The zero-order valence-electron chi connectivity index (χ0n) is 8.23. The number of aryl methyl sites for hydroxylation is 2. The van der Waals surface area contributed by atoms with Crippen molar-refractivity contribution in [3.05, 3.63) is 19.8 Å². The maximum Gasteiger partial charge on any atom is 0.203 e. The number of aromatic nitrogens is 2. The monoisotopic (exact) mass is 363 g/mol. The van der Waals surface area contributed by atoms with Gasteiger partial charge in [-0.2, -0.15) is 0 Å². The molecule has 2 N–H and O–H groups in total. The minimum absolute atomic E-state index is 0.521. The zero-order chi connectivity index (χ0) is 11.4. The maximum atomic E-state index is 6.12. The van der Waals surface area contributed by atoms with E-state index in [1.54, 1.807) is 0 Å². The molecule has 1 aliphatic rings. The molecule has 0 amide bonds. The van der Waals surface area contributed by atoms with Crippen molar-refractivity contribution < 1.29 is 0 Å². The number of rotatable bonds is 0. The molecule has 0 atom stereocenters. The average molecular weight is 365 g/mol. The maximum absolute atomic E-state index is 6.12.